The van der Waals surface area contributed by atoms with Crippen LogP contribution in [0.4, 0.5) is 5.69 Å². The molecule has 0 aliphatic heterocycles. The van der Waals surface area contributed by atoms with Gasteiger partial charge in [-0.05, 0) is 68.1 Å². The summed E-state index contributed by atoms with van der Waals surface area (Å²) in [5.41, 5.74) is 1.01. The molecule has 154 valence electrons. The molecule has 1 aliphatic carbocycles. The number of benzene rings is 2. The number of carbonyl (C=O) groups is 2. The zero-order valence-corrected chi connectivity index (χ0v) is 17.0. The van der Waals surface area contributed by atoms with Gasteiger partial charge in [0.1, 0.15) is 17.6 Å². The van der Waals surface area contributed by atoms with Gasteiger partial charge in [-0.3, -0.25) is 4.79 Å². The lowest BCUT2D eigenvalue weighted by Crippen LogP contribution is -2.24. The Kier molecular flexibility index (Phi) is 7.36. The first-order chi connectivity index (χ1) is 14.0. The van der Waals surface area contributed by atoms with Crippen LogP contribution in [0.25, 0.3) is 0 Å². The SMILES string of the molecule is COc1ccc(NC(=O)c2ccc(OCC(=O)OC3CCCCC3)cc2)cc1Cl. The van der Waals surface area contributed by atoms with Gasteiger partial charge in [-0.2, -0.15) is 0 Å². The highest BCUT2D eigenvalue weighted by molar-refractivity contribution is 6.32. The minimum atomic E-state index is -0.366. The summed E-state index contributed by atoms with van der Waals surface area (Å²) in [5, 5.41) is 3.18. The smallest absolute Gasteiger partial charge is 0.344 e. The Morgan fingerprint density at radius 3 is 2.45 bits per heavy atom. The zero-order valence-electron chi connectivity index (χ0n) is 16.3. The second kappa shape index (κ2) is 10.2. The van der Waals surface area contributed by atoms with Gasteiger partial charge in [0.25, 0.3) is 5.91 Å². The third-order valence-corrected chi connectivity index (χ3v) is 5.03. The van der Waals surface area contributed by atoms with E-state index in [0.717, 1.165) is 25.7 Å². The fraction of sp³-hybridized carbons (Fsp3) is 0.364. The van der Waals surface area contributed by atoms with Crippen LogP contribution in [0.5, 0.6) is 11.5 Å². The van der Waals surface area contributed by atoms with Crippen molar-refractivity contribution in [3.8, 4) is 11.5 Å². The Balaban J connectivity index is 1.49. The summed E-state index contributed by atoms with van der Waals surface area (Å²) in [7, 11) is 1.53. The highest BCUT2D eigenvalue weighted by Gasteiger charge is 2.18. The summed E-state index contributed by atoms with van der Waals surface area (Å²) >= 11 is 6.07. The topological polar surface area (TPSA) is 73.9 Å². The van der Waals surface area contributed by atoms with E-state index in [1.165, 1.54) is 13.5 Å². The number of rotatable bonds is 7. The first-order valence-electron chi connectivity index (χ1n) is 9.62. The van der Waals surface area contributed by atoms with Crippen molar-refractivity contribution in [2.45, 2.75) is 38.2 Å². The molecular formula is C22H24ClNO5. The van der Waals surface area contributed by atoms with Crippen molar-refractivity contribution in [3.63, 3.8) is 0 Å². The standard InChI is InChI=1S/C22H24ClNO5/c1-27-20-12-9-16(13-19(20)23)24-22(26)15-7-10-17(11-8-15)28-14-21(25)29-18-5-3-2-4-6-18/h7-13,18H,2-6,14H2,1H3,(H,24,26). The van der Waals surface area contributed by atoms with E-state index in [4.69, 9.17) is 25.8 Å². The number of hydrogen-bond donors (Lipinski definition) is 1. The van der Waals surface area contributed by atoms with Crippen LogP contribution in [0, 0.1) is 0 Å². The molecule has 0 bridgehead atoms. The van der Waals surface area contributed by atoms with Crippen molar-refractivity contribution in [1.82, 2.24) is 0 Å². The van der Waals surface area contributed by atoms with E-state index in [1.54, 1.807) is 42.5 Å². The van der Waals surface area contributed by atoms with E-state index in [0.29, 0.717) is 27.8 Å². The van der Waals surface area contributed by atoms with Gasteiger partial charge in [-0.1, -0.05) is 18.0 Å². The maximum Gasteiger partial charge on any atom is 0.344 e. The summed E-state index contributed by atoms with van der Waals surface area (Å²) in [6.45, 7) is -0.146. The maximum absolute atomic E-state index is 12.4. The Bertz CT molecular complexity index is 847. The lowest BCUT2D eigenvalue weighted by Gasteiger charge is -2.21. The summed E-state index contributed by atoms with van der Waals surface area (Å²) in [4.78, 5) is 24.3. The monoisotopic (exact) mass is 417 g/mol. The molecule has 0 spiro atoms. The molecule has 6 nitrogen and oxygen atoms in total. The molecule has 0 heterocycles. The number of anilines is 1. The molecule has 0 saturated heterocycles. The van der Waals surface area contributed by atoms with Gasteiger partial charge in [0.05, 0.1) is 12.1 Å². The summed E-state index contributed by atoms with van der Waals surface area (Å²) in [6, 6.07) is 11.5. The Labute approximate surface area is 175 Å². The lowest BCUT2D eigenvalue weighted by molar-refractivity contribution is -0.152. The molecule has 0 aromatic heterocycles. The number of carbonyl (C=O) groups excluding carboxylic acids is 2. The minimum Gasteiger partial charge on any atom is -0.495 e. The molecular weight excluding hydrogens is 394 g/mol. The molecule has 1 saturated carbocycles. The molecule has 29 heavy (non-hydrogen) atoms. The number of amides is 1. The second-order valence-electron chi connectivity index (χ2n) is 6.87. The molecule has 3 rings (SSSR count). The molecule has 1 aliphatic rings. The molecule has 1 amide bonds. The van der Waals surface area contributed by atoms with Crippen LogP contribution in [0.1, 0.15) is 42.5 Å². The molecule has 1 fully saturated rings. The van der Waals surface area contributed by atoms with Crippen molar-refractivity contribution in [3.05, 3.63) is 53.1 Å². The number of ether oxygens (including phenoxy) is 3. The Hall–Kier alpha value is -2.73. The van der Waals surface area contributed by atoms with Gasteiger partial charge < -0.3 is 19.5 Å². The second-order valence-corrected chi connectivity index (χ2v) is 7.27. The Morgan fingerprint density at radius 2 is 1.79 bits per heavy atom. The molecule has 7 heteroatoms. The molecule has 1 N–H and O–H groups in total. The van der Waals surface area contributed by atoms with Crippen LogP contribution in [0.2, 0.25) is 5.02 Å². The fourth-order valence-electron chi connectivity index (χ4n) is 3.20. The summed E-state index contributed by atoms with van der Waals surface area (Å²) < 4.78 is 16.0. The molecule has 0 radical (unpaired) electrons. The van der Waals surface area contributed by atoms with Crippen LogP contribution in [-0.4, -0.2) is 31.7 Å². The predicted octanol–water partition coefficient (Wildman–Crippen LogP) is 4.86. The highest BCUT2D eigenvalue weighted by atomic mass is 35.5. The first kappa shape index (κ1) is 21.0. The molecule has 0 unspecified atom stereocenters. The highest BCUT2D eigenvalue weighted by Crippen LogP contribution is 2.27. The van der Waals surface area contributed by atoms with E-state index >= 15 is 0 Å². The molecule has 2 aromatic rings. The normalized spacial score (nSPS) is 14.1. The van der Waals surface area contributed by atoms with Gasteiger partial charge in [0, 0.05) is 11.3 Å². The summed E-state index contributed by atoms with van der Waals surface area (Å²) in [5.74, 6) is 0.382. The average molecular weight is 418 g/mol. The van der Waals surface area contributed by atoms with Crippen molar-refractivity contribution in [2.24, 2.45) is 0 Å². The van der Waals surface area contributed by atoms with Gasteiger partial charge in [-0.25, -0.2) is 4.79 Å². The van der Waals surface area contributed by atoms with E-state index in [9.17, 15) is 9.59 Å². The number of esters is 1. The van der Waals surface area contributed by atoms with Crippen LogP contribution in [-0.2, 0) is 9.53 Å². The van der Waals surface area contributed by atoms with E-state index in [-0.39, 0.29) is 24.6 Å². The van der Waals surface area contributed by atoms with Crippen molar-refractivity contribution in [1.29, 1.82) is 0 Å². The van der Waals surface area contributed by atoms with E-state index in [1.807, 2.05) is 0 Å². The number of methoxy groups -OCH3 is 1. The first-order valence-corrected chi connectivity index (χ1v) is 10.00. The molecule has 2 aromatic carbocycles. The van der Waals surface area contributed by atoms with Crippen LogP contribution in [0.15, 0.2) is 42.5 Å². The maximum atomic E-state index is 12.4. The average Bonchev–Trinajstić information content (AvgIpc) is 2.73. The largest absolute Gasteiger partial charge is 0.495 e. The third kappa shape index (κ3) is 6.12. The third-order valence-electron chi connectivity index (χ3n) is 4.73. The van der Waals surface area contributed by atoms with Crippen molar-refractivity contribution < 1.29 is 23.8 Å². The minimum absolute atomic E-state index is 0.0115. The predicted molar refractivity (Wildman–Crippen MR) is 111 cm³/mol. The van der Waals surface area contributed by atoms with Crippen molar-refractivity contribution in [2.75, 3.05) is 19.0 Å². The van der Waals surface area contributed by atoms with Gasteiger partial charge in [0.2, 0.25) is 0 Å². The zero-order chi connectivity index (χ0) is 20.6. The van der Waals surface area contributed by atoms with Crippen LogP contribution < -0.4 is 14.8 Å². The van der Waals surface area contributed by atoms with Crippen molar-refractivity contribution >= 4 is 29.2 Å². The van der Waals surface area contributed by atoms with Crippen LogP contribution in [0.3, 0.4) is 0 Å². The summed E-state index contributed by atoms with van der Waals surface area (Å²) in [6.07, 6.45) is 5.27. The quantitative estimate of drug-likeness (QED) is 0.651. The number of nitrogens with one attached hydrogen (secondary N) is 1. The number of hydrogen-bond acceptors (Lipinski definition) is 5. The van der Waals surface area contributed by atoms with Crippen LogP contribution >= 0.6 is 11.6 Å². The van der Waals surface area contributed by atoms with Gasteiger partial charge in [-0.15, -0.1) is 0 Å². The van der Waals surface area contributed by atoms with E-state index in [2.05, 4.69) is 5.32 Å². The van der Waals surface area contributed by atoms with Gasteiger partial charge >= 0.3 is 5.97 Å². The number of halogens is 1. The Morgan fingerprint density at radius 1 is 1.07 bits per heavy atom. The van der Waals surface area contributed by atoms with Gasteiger partial charge in [0.15, 0.2) is 6.61 Å². The molecule has 0 atom stereocenters. The fourth-order valence-corrected chi connectivity index (χ4v) is 3.45. The van der Waals surface area contributed by atoms with E-state index < -0.39 is 0 Å². The lowest BCUT2D eigenvalue weighted by atomic mass is 9.98.